The molecule has 0 unspecified atom stereocenters. The molecule has 30 heavy (non-hydrogen) atoms. The Balaban J connectivity index is 1.53. The van der Waals surface area contributed by atoms with Crippen LogP contribution in [0.1, 0.15) is 16.1 Å². The summed E-state index contributed by atoms with van der Waals surface area (Å²) in [7, 11) is 1.56. The van der Waals surface area contributed by atoms with Crippen LogP contribution in [0, 0.1) is 0 Å². The lowest BCUT2D eigenvalue weighted by molar-refractivity contribution is -0.122. The third kappa shape index (κ3) is 4.38. The van der Waals surface area contributed by atoms with Gasteiger partial charge < -0.3 is 10.6 Å². The molecule has 0 aliphatic carbocycles. The lowest BCUT2D eigenvalue weighted by atomic mass is 10.0. The minimum absolute atomic E-state index is 0.244. The van der Waals surface area contributed by atoms with Crippen LogP contribution in [0.3, 0.4) is 0 Å². The molecule has 4 aromatic rings. The molecule has 4 rings (SSSR count). The Morgan fingerprint density at radius 3 is 2.60 bits per heavy atom. The number of hydrogen-bond acceptors (Lipinski definition) is 5. The third-order valence-corrected chi connectivity index (χ3v) is 6.84. The van der Waals surface area contributed by atoms with E-state index in [1.807, 2.05) is 41.8 Å². The first kappa shape index (κ1) is 20.5. The SMILES string of the molecule is CNC(=O)[C@H](Cc1csc2ccccc12)NC(=O)c1csc(-c2ccc(Cl)cc2)n1. The Bertz CT molecular complexity index is 1200. The molecule has 8 heteroatoms. The number of nitrogens with one attached hydrogen (secondary N) is 2. The summed E-state index contributed by atoms with van der Waals surface area (Å²) in [6.45, 7) is 0. The molecular weight excluding hydrogens is 438 g/mol. The third-order valence-electron chi connectivity index (χ3n) is 4.68. The summed E-state index contributed by atoms with van der Waals surface area (Å²) in [5.74, 6) is -0.619. The number of amides is 2. The van der Waals surface area contributed by atoms with Crippen LogP contribution in [0.4, 0.5) is 0 Å². The van der Waals surface area contributed by atoms with Gasteiger partial charge in [-0.2, -0.15) is 0 Å². The highest BCUT2D eigenvalue weighted by molar-refractivity contribution is 7.17. The molecule has 0 fully saturated rings. The van der Waals surface area contributed by atoms with E-state index in [0.717, 1.165) is 26.2 Å². The number of aromatic nitrogens is 1. The van der Waals surface area contributed by atoms with Gasteiger partial charge in [0.2, 0.25) is 5.91 Å². The van der Waals surface area contributed by atoms with Crippen molar-refractivity contribution in [3.05, 3.63) is 75.6 Å². The van der Waals surface area contributed by atoms with E-state index in [9.17, 15) is 9.59 Å². The van der Waals surface area contributed by atoms with Crippen molar-refractivity contribution in [3.8, 4) is 10.6 Å². The van der Waals surface area contributed by atoms with E-state index >= 15 is 0 Å². The maximum absolute atomic E-state index is 12.8. The monoisotopic (exact) mass is 455 g/mol. The lowest BCUT2D eigenvalue weighted by Crippen LogP contribution is -2.47. The second-order valence-corrected chi connectivity index (χ2v) is 8.85. The smallest absolute Gasteiger partial charge is 0.271 e. The molecule has 0 bridgehead atoms. The normalized spacial score (nSPS) is 11.9. The first-order valence-corrected chi connectivity index (χ1v) is 11.4. The van der Waals surface area contributed by atoms with Crippen molar-refractivity contribution in [2.75, 3.05) is 7.05 Å². The molecule has 152 valence electrons. The Kier molecular flexibility index (Phi) is 6.13. The van der Waals surface area contributed by atoms with Crippen LogP contribution >= 0.6 is 34.3 Å². The van der Waals surface area contributed by atoms with Gasteiger partial charge in [0.15, 0.2) is 0 Å². The summed E-state index contributed by atoms with van der Waals surface area (Å²) in [5, 5.41) is 11.7. The molecule has 2 heterocycles. The number of carbonyl (C=O) groups is 2. The molecule has 0 saturated carbocycles. The molecule has 0 radical (unpaired) electrons. The molecule has 5 nitrogen and oxygen atoms in total. The largest absolute Gasteiger partial charge is 0.357 e. The molecule has 2 amide bonds. The van der Waals surface area contributed by atoms with E-state index in [-0.39, 0.29) is 17.5 Å². The van der Waals surface area contributed by atoms with Crippen molar-refractivity contribution in [2.24, 2.45) is 0 Å². The van der Waals surface area contributed by atoms with Crippen molar-refractivity contribution in [1.29, 1.82) is 0 Å². The highest BCUT2D eigenvalue weighted by Gasteiger charge is 2.23. The van der Waals surface area contributed by atoms with Gasteiger partial charge in [-0.05, 0) is 34.5 Å². The zero-order valence-corrected chi connectivity index (χ0v) is 18.4. The molecule has 1 atom stereocenters. The highest BCUT2D eigenvalue weighted by atomic mass is 35.5. The Morgan fingerprint density at radius 2 is 1.83 bits per heavy atom. The van der Waals surface area contributed by atoms with Gasteiger partial charge in [-0.3, -0.25) is 9.59 Å². The minimum Gasteiger partial charge on any atom is -0.357 e. The quantitative estimate of drug-likeness (QED) is 0.440. The van der Waals surface area contributed by atoms with E-state index in [1.54, 1.807) is 35.9 Å². The Morgan fingerprint density at radius 1 is 1.07 bits per heavy atom. The molecule has 2 aromatic heterocycles. The van der Waals surface area contributed by atoms with Crippen LogP contribution in [0.2, 0.25) is 5.02 Å². The van der Waals surface area contributed by atoms with Gasteiger partial charge in [0.1, 0.15) is 16.7 Å². The molecule has 0 saturated heterocycles. The maximum Gasteiger partial charge on any atom is 0.271 e. The zero-order chi connectivity index (χ0) is 21.1. The van der Waals surface area contributed by atoms with Crippen LogP contribution < -0.4 is 10.6 Å². The second-order valence-electron chi connectivity index (χ2n) is 6.65. The summed E-state index contributed by atoms with van der Waals surface area (Å²) in [5.41, 5.74) is 2.20. The van der Waals surface area contributed by atoms with Crippen molar-refractivity contribution in [3.63, 3.8) is 0 Å². The summed E-state index contributed by atoms with van der Waals surface area (Å²) in [6.07, 6.45) is 0.406. The van der Waals surface area contributed by atoms with Crippen LogP contribution in [0.15, 0.2) is 59.3 Å². The number of thiophene rings is 1. The van der Waals surface area contributed by atoms with Crippen LogP contribution in [-0.2, 0) is 11.2 Å². The van der Waals surface area contributed by atoms with E-state index in [0.29, 0.717) is 11.4 Å². The maximum atomic E-state index is 12.8. The predicted octanol–water partition coefficient (Wildman–Crippen LogP) is 4.77. The summed E-state index contributed by atoms with van der Waals surface area (Å²) >= 11 is 8.93. The number of fused-ring (bicyclic) bond motifs is 1. The summed E-state index contributed by atoms with van der Waals surface area (Å²) in [4.78, 5) is 29.7. The number of nitrogens with zero attached hydrogens (tertiary/aromatic N) is 1. The average molecular weight is 456 g/mol. The summed E-state index contributed by atoms with van der Waals surface area (Å²) in [6, 6.07) is 14.6. The number of rotatable bonds is 6. The lowest BCUT2D eigenvalue weighted by Gasteiger charge is -2.16. The number of likely N-dealkylation sites (N-methyl/N-ethyl adjacent to an activating group) is 1. The first-order valence-electron chi connectivity index (χ1n) is 9.24. The standard InChI is InChI=1S/C22H18ClN3O2S2/c1-24-20(27)17(10-14-11-29-19-5-3-2-4-16(14)19)25-21(28)18-12-30-22(26-18)13-6-8-15(23)9-7-13/h2-9,11-12,17H,10H2,1H3,(H,24,27)(H,25,28)/t17-/m0/s1. The number of halogens is 1. The van der Waals surface area contributed by atoms with Gasteiger partial charge in [-0.15, -0.1) is 22.7 Å². The van der Waals surface area contributed by atoms with Crippen molar-refractivity contribution in [1.82, 2.24) is 15.6 Å². The van der Waals surface area contributed by atoms with Crippen molar-refractivity contribution in [2.45, 2.75) is 12.5 Å². The van der Waals surface area contributed by atoms with Crippen molar-refractivity contribution >= 4 is 56.2 Å². The van der Waals surface area contributed by atoms with E-state index in [1.165, 1.54) is 11.3 Å². The number of benzene rings is 2. The fourth-order valence-corrected chi connectivity index (χ4v) is 5.04. The minimum atomic E-state index is -0.693. The second kappa shape index (κ2) is 8.95. The number of hydrogen-bond donors (Lipinski definition) is 2. The fraction of sp³-hybridized carbons (Fsp3) is 0.136. The molecule has 0 aliphatic heterocycles. The van der Waals surface area contributed by atoms with E-state index < -0.39 is 6.04 Å². The highest BCUT2D eigenvalue weighted by Crippen LogP contribution is 2.27. The van der Waals surface area contributed by atoms with Crippen LogP contribution in [0.5, 0.6) is 0 Å². The van der Waals surface area contributed by atoms with Crippen molar-refractivity contribution < 1.29 is 9.59 Å². The molecular formula is C22H18ClN3O2S2. The Hall–Kier alpha value is -2.74. The number of carbonyl (C=O) groups excluding carboxylic acids is 2. The van der Waals surface area contributed by atoms with Gasteiger partial charge in [0, 0.05) is 34.1 Å². The van der Waals surface area contributed by atoms with Crippen LogP contribution in [0.25, 0.3) is 20.7 Å². The molecule has 0 spiro atoms. The van der Waals surface area contributed by atoms with Gasteiger partial charge in [-0.1, -0.05) is 41.9 Å². The van der Waals surface area contributed by atoms with Crippen LogP contribution in [-0.4, -0.2) is 29.9 Å². The molecule has 2 aromatic carbocycles. The number of thiazole rings is 1. The Labute approximate surface area is 186 Å². The summed E-state index contributed by atoms with van der Waals surface area (Å²) < 4.78 is 1.15. The molecule has 2 N–H and O–H groups in total. The average Bonchev–Trinajstić information content (AvgIpc) is 3.41. The first-order chi connectivity index (χ1) is 14.5. The molecule has 0 aliphatic rings. The van der Waals surface area contributed by atoms with Gasteiger partial charge in [0.05, 0.1) is 0 Å². The predicted molar refractivity (Wildman–Crippen MR) is 123 cm³/mol. The zero-order valence-electron chi connectivity index (χ0n) is 16.0. The van der Waals surface area contributed by atoms with E-state index in [2.05, 4.69) is 15.6 Å². The fourth-order valence-electron chi connectivity index (χ4n) is 3.13. The van der Waals surface area contributed by atoms with Gasteiger partial charge in [0.25, 0.3) is 5.91 Å². The topological polar surface area (TPSA) is 71.1 Å². The van der Waals surface area contributed by atoms with E-state index in [4.69, 9.17) is 11.6 Å². The van der Waals surface area contributed by atoms with Gasteiger partial charge in [-0.25, -0.2) is 4.98 Å². The van der Waals surface area contributed by atoms with Gasteiger partial charge >= 0.3 is 0 Å².